The number of nitrogens with zero attached hydrogens (tertiary/aromatic N) is 1. The zero-order valence-electron chi connectivity index (χ0n) is 16.2. The maximum Gasteiger partial charge on any atom is 0.253 e. The molecule has 0 aliphatic carbocycles. The Bertz CT molecular complexity index is 623. The van der Waals surface area contributed by atoms with Crippen molar-refractivity contribution in [3.05, 3.63) is 29.3 Å². The fourth-order valence-electron chi connectivity index (χ4n) is 3.47. The van der Waals surface area contributed by atoms with Gasteiger partial charge in [-0.25, -0.2) is 0 Å². The highest BCUT2D eigenvalue weighted by Gasteiger charge is 2.26. The Morgan fingerprint density at radius 3 is 2.46 bits per heavy atom. The number of benzene rings is 1. The number of likely N-dealkylation sites (tertiary alicyclic amines) is 1. The SMILES string of the molecule is Cc1ccc(C(=O)N2CC(C)CC(C)C2)cc1NC(=O)CCC(C)N.Cl. The maximum absolute atomic E-state index is 12.9. The van der Waals surface area contributed by atoms with E-state index in [0.717, 1.165) is 18.7 Å². The van der Waals surface area contributed by atoms with E-state index in [4.69, 9.17) is 5.73 Å². The van der Waals surface area contributed by atoms with Crippen LogP contribution in [0.5, 0.6) is 0 Å². The molecule has 0 saturated carbocycles. The smallest absolute Gasteiger partial charge is 0.253 e. The van der Waals surface area contributed by atoms with E-state index in [1.807, 2.05) is 30.9 Å². The molecule has 1 saturated heterocycles. The third-order valence-electron chi connectivity index (χ3n) is 4.74. The molecular weight excluding hydrogens is 350 g/mol. The first-order valence-corrected chi connectivity index (χ1v) is 9.21. The summed E-state index contributed by atoms with van der Waals surface area (Å²) < 4.78 is 0. The number of aryl methyl sites for hydroxylation is 1. The van der Waals surface area contributed by atoms with Crippen LogP contribution in [0.1, 0.15) is 56.0 Å². The van der Waals surface area contributed by atoms with Crippen molar-refractivity contribution in [1.29, 1.82) is 0 Å². The predicted molar refractivity (Wildman–Crippen MR) is 109 cm³/mol. The largest absolute Gasteiger partial charge is 0.338 e. The van der Waals surface area contributed by atoms with Gasteiger partial charge in [0.15, 0.2) is 0 Å². The van der Waals surface area contributed by atoms with Gasteiger partial charge in [-0.1, -0.05) is 19.9 Å². The molecule has 26 heavy (non-hydrogen) atoms. The normalized spacial score (nSPS) is 20.9. The minimum Gasteiger partial charge on any atom is -0.338 e. The van der Waals surface area contributed by atoms with Crippen molar-refractivity contribution in [3.8, 4) is 0 Å². The van der Waals surface area contributed by atoms with Gasteiger partial charge in [0, 0.05) is 36.8 Å². The average Bonchev–Trinajstić information content (AvgIpc) is 2.53. The quantitative estimate of drug-likeness (QED) is 0.818. The second kappa shape index (κ2) is 9.93. The molecule has 1 aliphatic rings. The van der Waals surface area contributed by atoms with Crippen molar-refractivity contribution in [2.75, 3.05) is 18.4 Å². The molecule has 0 aromatic heterocycles. The lowest BCUT2D eigenvalue weighted by Crippen LogP contribution is -2.42. The van der Waals surface area contributed by atoms with Gasteiger partial charge in [0.2, 0.25) is 5.91 Å². The van der Waals surface area contributed by atoms with Crippen molar-refractivity contribution < 1.29 is 9.59 Å². The summed E-state index contributed by atoms with van der Waals surface area (Å²) in [6.07, 6.45) is 2.20. The summed E-state index contributed by atoms with van der Waals surface area (Å²) >= 11 is 0. The van der Waals surface area contributed by atoms with Gasteiger partial charge in [-0.2, -0.15) is 0 Å². The summed E-state index contributed by atoms with van der Waals surface area (Å²) in [5.74, 6) is 1.03. The molecule has 1 heterocycles. The fraction of sp³-hybridized carbons (Fsp3) is 0.600. The summed E-state index contributed by atoms with van der Waals surface area (Å²) in [6, 6.07) is 5.54. The molecule has 3 atom stereocenters. The third kappa shape index (κ3) is 6.29. The highest BCUT2D eigenvalue weighted by atomic mass is 35.5. The molecular formula is C20H32ClN3O2. The van der Waals surface area contributed by atoms with Gasteiger partial charge in [-0.15, -0.1) is 12.4 Å². The minimum atomic E-state index is -0.0646. The van der Waals surface area contributed by atoms with Crippen LogP contribution < -0.4 is 11.1 Å². The number of rotatable bonds is 5. The van der Waals surface area contributed by atoms with E-state index in [1.165, 1.54) is 6.42 Å². The molecule has 0 spiro atoms. The zero-order valence-corrected chi connectivity index (χ0v) is 17.1. The van der Waals surface area contributed by atoms with Gasteiger partial charge in [0.1, 0.15) is 0 Å². The maximum atomic E-state index is 12.9. The van der Waals surface area contributed by atoms with Gasteiger partial charge in [-0.05, 0) is 56.2 Å². The Hall–Kier alpha value is -1.59. The van der Waals surface area contributed by atoms with E-state index < -0.39 is 0 Å². The summed E-state index contributed by atoms with van der Waals surface area (Å²) in [5.41, 5.74) is 7.99. The lowest BCUT2D eigenvalue weighted by molar-refractivity contribution is -0.116. The number of carbonyl (C=O) groups excluding carboxylic acids is 2. The van der Waals surface area contributed by atoms with Crippen LogP contribution in [0.3, 0.4) is 0 Å². The topological polar surface area (TPSA) is 75.4 Å². The fourth-order valence-corrected chi connectivity index (χ4v) is 3.47. The van der Waals surface area contributed by atoms with Gasteiger partial charge in [0.05, 0.1) is 0 Å². The number of carbonyl (C=O) groups is 2. The van der Waals surface area contributed by atoms with Crippen molar-refractivity contribution >= 4 is 29.9 Å². The molecule has 1 aliphatic heterocycles. The van der Waals surface area contributed by atoms with Crippen molar-refractivity contribution in [3.63, 3.8) is 0 Å². The third-order valence-corrected chi connectivity index (χ3v) is 4.74. The van der Waals surface area contributed by atoms with Crippen LogP contribution in [0.4, 0.5) is 5.69 Å². The number of halogens is 1. The molecule has 0 bridgehead atoms. The highest BCUT2D eigenvalue weighted by molar-refractivity contribution is 5.97. The van der Waals surface area contributed by atoms with Gasteiger partial charge in [-0.3, -0.25) is 9.59 Å². The van der Waals surface area contributed by atoms with Crippen LogP contribution in [0, 0.1) is 18.8 Å². The van der Waals surface area contributed by atoms with Gasteiger partial charge < -0.3 is 16.0 Å². The van der Waals surface area contributed by atoms with Gasteiger partial charge >= 0.3 is 0 Å². The summed E-state index contributed by atoms with van der Waals surface area (Å²) in [4.78, 5) is 26.9. The molecule has 5 nitrogen and oxygen atoms in total. The molecule has 2 amide bonds. The van der Waals surface area contributed by atoms with Crippen molar-refractivity contribution in [2.24, 2.45) is 17.6 Å². The Morgan fingerprint density at radius 1 is 1.27 bits per heavy atom. The number of anilines is 1. The zero-order chi connectivity index (χ0) is 18.6. The minimum absolute atomic E-state index is 0. The number of amides is 2. The monoisotopic (exact) mass is 381 g/mol. The van der Waals surface area contributed by atoms with Crippen LogP contribution in [-0.4, -0.2) is 35.8 Å². The number of nitrogens with two attached hydrogens (primary N) is 1. The molecule has 2 rings (SSSR count). The van der Waals surface area contributed by atoms with Crippen LogP contribution in [0.25, 0.3) is 0 Å². The molecule has 0 radical (unpaired) electrons. The lowest BCUT2D eigenvalue weighted by Gasteiger charge is -2.35. The Morgan fingerprint density at radius 2 is 1.88 bits per heavy atom. The molecule has 3 unspecified atom stereocenters. The van der Waals surface area contributed by atoms with E-state index in [1.54, 1.807) is 6.07 Å². The predicted octanol–water partition coefficient (Wildman–Crippen LogP) is 3.60. The number of hydrogen-bond donors (Lipinski definition) is 2. The average molecular weight is 382 g/mol. The second-order valence-corrected chi connectivity index (χ2v) is 7.75. The number of hydrogen-bond acceptors (Lipinski definition) is 3. The van der Waals surface area contributed by atoms with E-state index in [2.05, 4.69) is 19.2 Å². The molecule has 1 aromatic rings. The summed E-state index contributed by atoms with van der Waals surface area (Å²) in [5, 5.41) is 2.92. The Labute approximate surface area is 163 Å². The van der Waals surface area contributed by atoms with Crippen molar-refractivity contribution in [1.82, 2.24) is 4.90 Å². The van der Waals surface area contributed by atoms with Gasteiger partial charge in [0.25, 0.3) is 5.91 Å². The molecule has 3 N–H and O–H groups in total. The number of nitrogens with one attached hydrogen (secondary N) is 1. The standard InChI is InChI=1S/C20H31N3O2.ClH/c1-13-9-14(2)12-23(11-13)20(25)17-7-5-15(3)18(10-17)22-19(24)8-6-16(4)21;/h5,7,10,13-14,16H,6,8-9,11-12,21H2,1-4H3,(H,22,24);1H. The van der Waals surface area contributed by atoms with Crippen LogP contribution in [0.15, 0.2) is 18.2 Å². The van der Waals surface area contributed by atoms with E-state index >= 15 is 0 Å². The molecule has 1 fully saturated rings. The first-order valence-electron chi connectivity index (χ1n) is 9.21. The second-order valence-electron chi connectivity index (χ2n) is 7.75. The van der Waals surface area contributed by atoms with E-state index in [-0.39, 0.29) is 30.3 Å². The van der Waals surface area contributed by atoms with E-state index in [9.17, 15) is 9.59 Å². The summed E-state index contributed by atoms with van der Waals surface area (Å²) in [6.45, 7) is 9.80. The summed E-state index contributed by atoms with van der Waals surface area (Å²) in [7, 11) is 0. The highest BCUT2D eigenvalue weighted by Crippen LogP contribution is 2.24. The molecule has 146 valence electrons. The first-order chi connectivity index (χ1) is 11.8. The van der Waals surface area contributed by atoms with E-state index in [0.29, 0.717) is 35.9 Å². The van der Waals surface area contributed by atoms with Crippen molar-refractivity contribution in [2.45, 2.75) is 53.0 Å². The Kier molecular flexibility index (Phi) is 8.57. The first kappa shape index (κ1) is 22.5. The van der Waals surface area contributed by atoms with Crippen LogP contribution in [-0.2, 0) is 4.79 Å². The molecule has 6 heteroatoms. The Balaban J connectivity index is 0.00000338. The lowest BCUT2D eigenvalue weighted by atomic mass is 9.91. The van der Waals surface area contributed by atoms with Crippen LogP contribution in [0.2, 0.25) is 0 Å². The number of piperidine rings is 1. The van der Waals surface area contributed by atoms with Crippen LogP contribution >= 0.6 is 12.4 Å². The molecule has 1 aromatic carbocycles.